The van der Waals surface area contributed by atoms with Crippen LogP contribution < -0.4 is 0 Å². The smallest absolute Gasteiger partial charge is 0.170 e. The van der Waals surface area contributed by atoms with Crippen molar-refractivity contribution in [3.8, 4) is 11.5 Å². The normalized spacial score (nSPS) is 23.4. The van der Waals surface area contributed by atoms with Crippen molar-refractivity contribution in [1.82, 2.24) is 0 Å². The van der Waals surface area contributed by atoms with Crippen LogP contribution in [0.15, 0.2) is 30.3 Å². The maximum Gasteiger partial charge on any atom is 0.170 e. The molecule has 0 aliphatic heterocycles. The molecule has 0 saturated carbocycles. The zero-order valence-electron chi connectivity index (χ0n) is 13.2. The quantitative estimate of drug-likeness (QED) is 0.689. The van der Waals surface area contributed by atoms with Crippen molar-refractivity contribution in [2.45, 2.75) is 24.9 Å². The lowest BCUT2D eigenvalue weighted by molar-refractivity contribution is 0.0668. The highest BCUT2D eigenvalue weighted by Gasteiger charge is 2.52. The van der Waals surface area contributed by atoms with Gasteiger partial charge < -0.3 is 15.3 Å². The second-order valence-corrected chi connectivity index (χ2v) is 6.82. The lowest BCUT2D eigenvalue weighted by Crippen LogP contribution is -2.33. The number of rotatable bonds is 0. The molecule has 2 aromatic rings. The van der Waals surface area contributed by atoms with E-state index >= 15 is 0 Å². The van der Waals surface area contributed by atoms with Gasteiger partial charge in [-0.3, -0.25) is 9.59 Å². The Bertz CT molecular complexity index is 1050. The van der Waals surface area contributed by atoms with Gasteiger partial charge in [0.25, 0.3) is 0 Å². The van der Waals surface area contributed by atoms with E-state index in [2.05, 4.69) is 0 Å². The van der Waals surface area contributed by atoms with Crippen molar-refractivity contribution in [1.29, 1.82) is 0 Å². The fourth-order valence-electron chi connectivity index (χ4n) is 4.59. The molecule has 3 aliphatic rings. The minimum absolute atomic E-state index is 0.105. The zero-order chi connectivity index (χ0) is 17.5. The number of ketones is 2. The van der Waals surface area contributed by atoms with Gasteiger partial charge in [0.05, 0.1) is 11.1 Å². The van der Waals surface area contributed by atoms with E-state index < -0.39 is 5.60 Å². The van der Waals surface area contributed by atoms with E-state index in [1.165, 1.54) is 12.1 Å². The number of carbonyl (C=O) groups is 2. The lowest BCUT2D eigenvalue weighted by Gasteiger charge is -2.33. The van der Waals surface area contributed by atoms with Crippen LogP contribution in [0.1, 0.15) is 56.7 Å². The molecule has 0 amide bonds. The Morgan fingerprint density at radius 3 is 2.40 bits per heavy atom. The minimum atomic E-state index is -1.53. The van der Waals surface area contributed by atoms with E-state index in [-0.39, 0.29) is 47.0 Å². The highest BCUT2D eigenvalue weighted by atomic mass is 16.3. The van der Waals surface area contributed by atoms with E-state index in [0.717, 1.165) is 5.57 Å². The Morgan fingerprint density at radius 1 is 0.840 bits per heavy atom. The van der Waals surface area contributed by atoms with Gasteiger partial charge in [-0.1, -0.05) is 18.2 Å². The molecule has 1 unspecified atom stereocenters. The monoisotopic (exact) mass is 334 g/mol. The van der Waals surface area contributed by atoms with E-state index in [1.807, 2.05) is 0 Å². The third-order valence-electron chi connectivity index (χ3n) is 5.53. The van der Waals surface area contributed by atoms with E-state index in [9.17, 15) is 24.9 Å². The summed E-state index contributed by atoms with van der Waals surface area (Å²) in [7, 11) is 0. The summed E-state index contributed by atoms with van der Waals surface area (Å²) in [5, 5.41) is 31.8. The van der Waals surface area contributed by atoms with Crippen molar-refractivity contribution in [2.75, 3.05) is 0 Å². The summed E-state index contributed by atoms with van der Waals surface area (Å²) in [4.78, 5) is 25.0. The number of phenols is 2. The molecule has 0 bridgehead atoms. The average molecular weight is 334 g/mol. The Hall–Kier alpha value is -2.92. The first-order valence-electron chi connectivity index (χ1n) is 8.15. The van der Waals surface area contributed by atoms with Crippen LogP contribution >= 0.6 is 0 Å². The summed E-state index contributed by atoms with van der Waals surface area (Å²) in [6, 6.07) is 7.78. The molecule has 0 fully saturated rings. The molecular formula is C20H14O5. The number of phenolic OH excluding ortho intramolecular Hbond substituents is 2. The van der Waals surface area contributed by atoms with Crippen molar-refractivity contribution in [3.63, 3.8) is 0 Å². The number of aromatic hydroxyl groups is 2. The summed E-state index contributed by atoms with van der Waals surface area (Å²) >= 11 is 0. The number of benzene rings is 2. The third kappa shape index (κ3) is 1.56. The Morgan fingerprint density at radius 2 is 1.60 bits per heavy atom. The molecule has 0 aromatic heterocycles. The molecule has 0 heterocycles. The molecule has 2 aromatic carbocycles. The van der Waals surface area contributed by atoms with Gasteiger partial charge in [-0.25, -0.2) is 0 Å². The summed E-state index contributed by atoms with van der Waals surface area (Å²) in [6.45, 7) is 0. The van der Waals surface area contributed by atoms with Crippen LogP contribution in [-0.2, 0) is 5.60 Å². The topological polar surface area (TPSA) is 94.8 Å². The standard InChI is InChI=1S/C20H14O5/c21-12-3-1-2-9-17(12)15(24)8-20(25)11-5-7-14(23)18-13(22)6-4-10(16(11)18)19(9)20/h1-3,5,7,21,23,25H,4,6,8H2. The van der Waals surface area contributed by atoms with Crippen LogP contribution in [0.5, 0.6) is 11.5 Å². The van der Waals surface area contributed by atoms with Crippen LogP contribution in [0.3, 0.4) is 0 Å². The van der Waals surface area contributed by atoms with Crippen LogP contribution in [0.4, 0.5) is 0 Å². The molecule has 0 radical (unpaired) electrons. The van der Waals surface area contributed by atoms with E-state index in [4.69, 9.17) is 0 Å². The molecule has 5 nitrogen and oxygen atoms in total. The predicted octanol–water partition coefficient (Wildman–Crippen LogP) is 2.77. The number of carbonyl (C=O) groups excluding carboxylic acids is 2. The van der Waals surface area contributed by atoms with Gasteiger partial charge in [-0.05, 0) is 40.8 Å². The SMILES string of the molecule is O=C1CC2(O)C(=C3CCC(=O)c4c(O)ccc2c43)c2cccc(O)c21. The fourth-order valence-corrected chi connectivity index (χ4v) is 4.59. The second kappa shape index (κ2) is 4.37. The maximum absolute atomic E-state index is 12.6. The molecule has 124 valence electrons. The van der Waals surface area contributed by atoms with Crippen molar-refractivity contribution >= 4 is 22.7 Å². The number of allylic oxidation sites excluding steroid dienone is 1. The molecule has 3 N–H and O–H groups in total. The van der Waals surface area contributed by atoms with Gasteiger partial charge >= 0.3 is 0 Å². The predicted molar refractivity (Wildman–Crippen MR) is 89.4 cm³/mol. The highest BCUT2D eigenvalue weighted by Crippen LogP contribution is 2.59. The van der Waals surface area contributed by atoms with Gasteiger partial charge in [0.1, 0.15) is 17.1 Å². The maximum atomic E-state index is 12.6. The molecule has 1 atom stereocenters. The number of hydrogen-bond acceptors (Lipinski definition) is 5. The molecule has 0 spiro atoms. The number of hydrogen-bond donors (Lipinski definition) is 3. The number of Topliss-reactive ketones (excluding diaryl/α,β-unsaturated/α-hetero) is 2. The lowest BCUT2D eigenvalue weighted by atomic mass is 9.74. The summed E-state index contributed by atoms with van der Waals surface area (Å²) in [5.74, 6) is -0.718. The molecule has 0 saturated heterocycles. The first kappa shape index (κ1) is 14.4. The Labute approximate surface area is 142 Å². The van der Waals surface area contributed by atoms with Gasteiger partial charge in [0.2, 0.25) is 0 Å². The van der Waals surface area contributed by atoms with Crippen molar-refractivity contribution < 1.29 is 24.9 Å². The molecule has 5 heteroatoms. The van der Waals surface area contributed by atoms with Gasteiger partial charge in [0, 0.05) is 18.4 Å². The van der Waals surface area contributed by atoms with Crippen LogP contribution in [-0.4, -0.2) is 26.9 Å². The van der Waals surface area contributed by atoms with Crippen LogP contribution in [0, 0.1) is 0 Å². The first-order chi connectivity index (χ1) is 11.9. The average Bonchev–Trinajstić information content (AvgIpc) is 2.81. The zero-order valence-corrected chi connectivity index (χ0v) is 13.2. The third-order valence-corrected chi connectivity index (χ3v) is 5.53. The number of aliphatic hydroxyl groups is 1. The Kier molecular flexibility index (Phi) is 2.52. The van der Waals surface area contributed by atoms with Crippen LogP contribution in [0.2, 0.25) is 0 Å². The summed E-state index contributed by atoms with van der Waals surface area (Å²) in [6.07, 6.45) is 0.478. The first-order valence-corrected chi connectivity index (χ1v) is 8.15. The molecular weight excluding hydrogens is 320 g/mol. The Balaban J connectivity index is 1.94. The number of fused-ring (bicyclic) bond motifs is 4. The second-order valence-electron chi connectivity index (χ2n) is 6.82. The molecule has 3 aliphatic carbocycles. The van der Waals surface area contributed by atoms with Crippen molar-refractivity contribution in [3.05, 3.63) is 58.1 Å². The van der Waals surface area contributed by atoms with Gasteiger partial charge in [-0.2, -0.15) is 0 Å². The fraction of sp³-hybridized carbons (Fsp3) is 0.200. The van der Waals surface area contributed by atoms with E-state index in [0.29, 0.717) is 28.7 Å². The van der Waals surface area contributed by atoms with Gasteiger partial charge in [0.15, 0.2) is 11.6 Å². The van der Waals surface area contributed by atoms with E-state index in [1.54, 1.807) is 18.2 Å². The summed E-state index contributed by atoms with van der Waals surface area (Å²) < 4.78 is 0. The molecule has 5 rings (SSSR count). The highest BCUT2D eigenvalue weighted by molar-refractivity contribution is 6.19. The minimum Gasteiger partial charge on any atom is -0.507 e. The largest absolute Gasteiger partial charge is 0.507 e. The van der Waals surface area contributed by atoms with Gasteiger partial charge in [-0.15, -0.1) is 0 Å². The van der Waals surface area contributed by atoms with Crippen molar-refractivity contribution in [2.24, 2.45) is 0 Å². The molecule has 25 heavy (non-hydrogen) atoms. The van der Waals surface area contributed by atoms with Crippen LogP contribution in [0.25, 0.3) is 11.1 Å². The summed E-state index contributed by atoms with van der Waals surface area (Å²) in [5.41, 5.74) is 1.81.